The maximum atomic E-state index is 10.7. The van der Waals surface area contributed by atoms with Crippen molar-refractivity contribution in [2.45, 2.75) is 6.42 Å². The minimum Gasteiger partial charge on any atom is -0.468 e. The molecule has 0 bridgehead atoms. The molecule has 0 aliphatic rings. The summed E-state index contributed by atoms with van der Waals surface area (Å²) in [7, 11) is 1.31. The van der Waals surface area contributed by atoms with E-state index in [2.05, 4.69) is 21.6 Å². The number of methoxy groups -OCH3 is 1. The monoisotopic (exact) mass is 200 g/mol. The van der Waals surface area contributed by atoms with Gasteiger partial charge in [0.2, 0.25) is 0 Å². The van der Waals surface area contributed by atoms with Crippen molar-refractivity contribution in [2.75, 3.05) is 7.11 Å². The molecule has 0 saturated carbocycles. The minimum atomic E-state index is -0.378. The lowest BCUT2D eigenvalue weighted by atomic mass is 10.2. The largest absolute Gasteiger partial charge is 0.468 e. The minimum absolute atomic E-state index is 0.0424. The van der Waals surface area contributed by atoms with Crippen LogP contribution in [0.25, 0.3) is 0 Å². The zero-order valence-corrected chi connectivity index (χ0v) is 8.15. The van der Waals surface area contributed by atoms with Crippen LogP contribution < -0.4 is 0 Å². The molecular weight excluding hydrogens is 192 g/mol. The standard InChI is InChI=1S/C11H8N2O2/c1-15-11(14)4-2-3-9-5-6-13-10(7-9)8-12/h5-7H,4H2,1H3. The first-order chi connectivity index (χ1) is 7.26. The van der Waals surface area contributed by atoms with E-state index in [1.165, 1.54) is 13.3 Å². The lowest BCUT2D eigenvalue weighted by Crippen LogP contribution is -1.97. The normalized spacial score (nSPS) is 8.27. The summed E-state index contributed by atoms with van der Waals surface area (Å²) >= 11 is 0. The van der Waals surface area contributed by atoms with E-state index in [0.29, 0.717) is 11.3 Å². The quantitative estimate of drug-likeness (QED) is 0.498. The van der Waals surface area contributed by atoms with Crippen molar-refractivity contribution in [1.29, 1.82) is 5.26 Å². The molecule has 0 aliphatic carbocycles. The van der Waals surface area contributed by atoms with E-state index in [4.69, 9.17) is 5.26 Å². The molecule has 4 heteroatoms. The smallest absolute Gasteiger partial charge is 0.317 e. The number of ether oxygens (including phenoxy) is 1. The summed E-state index contributed by atoms with van der Waals surface area (Å²) in [6.45, 7) is 0. The second-order valence-corrected chi connectivity index (χ2v) is 2.60. The van der Waals surface area contributed by atoms with Crippen LogP contribution in [0, 0.1) is 23.2 Å². The first-order valence-corrected chi connectivity index (χ1v) is 4.18. The molecule has 1 rings (SSSR count). The zero-order chi connectivity index (χ0) is 11.1. The van der Waals surface area contributed by atoms with E-state index < -0.39 is 0 Å². The molecule has 0 aliphatic heterocycles. The van der Waals surface area contributed by atoms with Gasteiger partial charge in [-0.25, -0.2) is 4.98 Å². The molecule has 4 nitrogen and oxygen atoms in total. The topological polar surface area (TPSA) is 63.0 Å². The number of hydrogen-bond donors (Lipinski definition) is 0. The molecule has 1 heterocycles. The maximum Gasteiger partial charge on any atom is 0.317 e. The molecular formula is C11H8N2O2. The number of nitriles is 1. The summed E-state index contributed by atoms with van der Waals surface area (Å²) in [6.07, 6.45) is 1.54. The van der Waals surface area contributed by atoms with Crippen molar-refractivity contribution in [3.8, 4) is 17.9 Å². The number of hydrogen-bond acceptors (Lipinski definition) is 4. The Balaban J connectivity index is 2.72. The van der Waals surface area contributed by atoms with Gasteiger partial charge in [-0.2, -0.15) is 5.26 Å². The molecule has 1 aromatic rings. The highest BCUT2D eigenvalue weighted by Crippen LogP contribution is 1.98. The summed E-state index contributed by atoms with van der Waals surface area (Å²) in [4.78, 5) is 14.5. The number of carbonyl (C=O) groups excluding carboxylic acids is 1. The van der Waals surface area contributed by atoms with Crippen LogP contribution >= 0.6 is 0 Å². The predicted molar refractivity (Wildman–Crippen MR) is 52.5 cm³/mol. The van der Waals surface area contributed by atoms with Crippen LogP contribution in [0.3, 0.4) is 0 Å². The summed E-state index contributed by atoms with van der Waals surface area (Å²) in [5.41, 5.74) is 0.963. The summed E-state index contributed by atoms with van der Waals surface area (Å²) < 4.78 is 4.43. The van der Waals surface area contributed by atoms with Gasteiger partial charge in [-0.15, -0.1) is 0 Å². The second-order valence-electron chi connectivity index (χ2n) is 2.60. The Morgan fingerprint density at radius 3 is 3.13 bits per heavy atom. The second kappa shape index (κ2) is 5.41. The van der Waals surface area contributed by atoms with Gasteiger partial charge in [0.1, 0.15) is 18.2 Å². The molecule has 0 aromatic carbocycles. The van der Waals surface area contributed by atoms with E-state index in [1.54, 1.807) is 12.1 Å². The molecule has 1 aromatic heterocycles. The Kier molecular flexibility index (Phi) is 3.88. The number of rotatable bonds is 1. The fraction of sp³-hybridized carbons (Fsp3) is 0.182. The van der Waals surface area contributed by atoms with Gasteiger partial charge in [0.05, 0.1) is 7.11 Å². The van der Waals surface area contributed by atoms with Crippen molar-refractivity contribution < 1.29 is 9.53 Å². The average Bonchev–Trinajstić information content (AvgIpc) is 2.29. The van der Waals surface area contributed by atoms with E-state index >= 15 is 0 Å². The molecule has 0 saturated heterocycles. The summed E-state index contributed by atoms with van der Waals surface area (Å²) in [5, 5.41) is 8.58. The van der Waals surface area contributed by atoms with E-state index in [9.17, 15) is 4.79 Å². The molecule has 0 atom stereocenters. The van der Waals surface area contributed by atoms with Crippen LogP contribution in [-0.4, -0.2) is 18.1 Å². The summed E-state index contributed by atoms with van der Waals surface area (Å²) in [5.74, 6) is 5.01. The van der Waals surface area contributed by atoms with Crippen molar-refractivity contribution in [3.05, 3.63) is 29.6 Å². The number of carbonyl (C=O) groups is 1. The van der Waals surface area contributed by atoms with Crippen molar-refractivity contribution in [3.63, 3.8) is 0 Å². The molecule has 0 amide bonds. The Bertz CT molecular complexity index is 463. The Labute approximate surface area is 87.5 Å². The van der Waals surface area contributed by atoms with Gasteiger partial charge in [-0.05, 0) is 12.1 Å². The first kappa shape index (κ1) is 10.7. The number of esters is 1. The highest BCUT2D eigenvalue weighted by atomic mass is 16.5. The average molecular weight is 200 g/mol. The molecule has 15 heavy (non-hydrogen) atoms. The Morgan fingerprint density at radius 1 is 1.67 bits per heavy atom. The Morgan fingerprint density at radius 2 is 2.47 bits per heavy atom. The number of aromatic nitrogens is 1. The van der Waals surface area contributed by atoms with Crippen molar-refractivity contribution in [2.24, 2.45) is 0 Å². The van der Waals surface area contributed by atoms with Gasteiger partial charge in [-0.3, -0.25) is 4.79 Å². The highest BCUT2D eigenvalue weighted by Gasteiger charge is 1.95. The van der Waals surface area contributed by atoms with Crippen LogP contribution in [0.5, 0.6) is 0 Å². The molecule has 0 unspecified atom stereocenters. The van der Waals surface area contributed by atoms with E-state index in [1.807, 2.05) is 6.07 Å². The number of nitrogens with zero attached hydrogens (tertiary/aromatic N) is 2. The van der Waals surface area contributed by atoms with Crippen LogP contribution in [-0.2, 0) is 9.53 Å². The molecule has 0 radical (unpaired) electrons. The fourth-order valence-electron chi connectivity index (χ4n) is 0.860. The lowest BCUT2D eigenvalue weighted by molar-refractivity contribution is -0.139. The highest BCUT2D eigenvalue weighted by molar-refractivity contribution is 5.72. The Hall–Kier alpha value is -2.33. The van der Waals surface area contributed by atoms with Gasteiger partial charge in [0, 0.05) is 11.8 Å². The maximum absolute atomic E-state index is 10.7. The van der Waals surface area contributed by atoms with E-state index in [-0.39, 0.29) is 12.4 Å². The first-order valence-electron chi connectivity index (χ1n) is 4.18. The lowest BCUT2D eigenvalue weighted by Gasteiger charge is -1.91. The third-order valence-corrected chi connectivity index (χ3v) is 1.57. The SMILES string of the molecule is COC(=O)CC#Cc1ccnc(C#N)c1. The molecule has 74 valence electrons. The van der Waals surface area contributed by atoms with Gasteiger partial charge in [0.25, 0.3) is 0 Å². The molecule has 0 fully saturated rings. The van der Waals surface area contributed by atoms with Crippen molar-refractivity contribution >= 4 is 5.97 Å². The number of pyridine rings is 1. The zero-order valence-electron chi connectivity index (χ0n) is 8.15. The molecule has 0 N–H and O–H groups in total. The van der Waals surface area contributed by atoms with Crippen LogP contribution in [0.1, 0.15) is 17.7 Å². The fourth-order valence-corrected chi connectivity index (χ4v) is 0.860. The van der Waals surface area contributed by atoms with Gasteiger partial charge >= 0.3 is 5.97 Å². The third kappa shape index (κ3) is 3.50. The van der Waals surface area contributed by atoms with Crippen LogP contribution in [0.2, 0.25) is 0 Å². The van der Waals surface area contributed by atoms with Gasteiger partial charge < -0.3 is 4.74 Å². The third-order valence-electron chi connectivity index (χ3n) is 1.57. The van der Waals surface area contributed by atoms with Gasteiger partial charge in [-0.1, -0.05) is 11.8 Å². The van der Waals surface area contributed by atoms with Crippen molar-refractivity contribution in [1.82, 2.24) is 4.98 Å². The van der Waals surface area contributed by atoms with Crippen LogP contribution in [0.15, 0.2) is 18.3 Å². The molecule has 0 spiro atoms. The van der Waals surface area contributed by atoms with E-state index in [0.717, 1.165) is 0 Å². The predicted octanol–water partition coefficient (Wildman–Crippen LogP) is 0.868. The van der Waals surface area contributed by atoms with Gasteiger partial charge in [0.15, 0.2) is 0 Å². The summed E-state index contributed by atoms with van der Waals surface area (Å²) in [6, 6.07) is 5.14. The van der Waals surface area contributed by atoms with Crippen LogP contribution in [0.4, 0.5) is 0 Å².